The highest BCUT2D eigenvalue weighted by molar-refractivity contribution is 5.53. The largest absolute Gasteiger partial charge is 0.476 e. The van der Waals surface area contributed by atoms with E-state index in [1.807, 2.05) is 12.1 Å². The van der Waals surface area contributed by atoms with Gasteiger partial charge in [0.15, 0.2) is 0 Å². The summed E-state index contributed by atoms with van der Waals surface area (Å²) in [4.78, 5) is 6.77. The van der Waals surface area contributed by atoms with Gasteiger partial charge in [0.1, 0.15) is 5.82 Å². The van der Waals surface area contributed by atoms with E-state index in [9.17, 15) is 0 Å². The summed E-state index contributed by atoms with van der Waals surface area (Å²) in [5, 5.41) is 3.31. The van der Waals surface area contributed by atoms with Crippen LogP contribution in [0.1, 0.15) is 13.3 Å². The molecule has 0 spiro atoms. The highest BCUT2D eigenvalue weighted by Crippen LogP contribution is 2.20. The minimum atomic E-state index is 0.517. The van der Waals surface area contributed by atoms with Crippen molar-refractivity contribution in [3.63, 3.8) is 0 Å². The molecular formula is C14H24N4O2. The molecule has 6 nitrogen and oxygen atoms in total. The maximum atomic E-state index is 5.84. The topological polar surface area (TPSA) is 72.6 Å². The summed E-state index contributed by atoms with van der Waals surface area (Å²) in [5.74, 6) is 1.32. The average Bonchev–Trinajstić information content (AvgIpc) is 2.49. The number of nitrogens with one attached hydrogen (secondary N) is 1. The van der Waals surface area contributed by atoms with E-state index in [0.29, 0.717) is 18.2 Å². The van der Waals surface area contributed by atoms with Crippen molar-refractivity contribution in [3.8, 4) is 5.88 Å². The first kappa shape index (κ1) is 14.9. The molecule has 2 rings (SSSR count). The Morgan fingerprint density at radius 1 is 1.40 bits per heavy atom. The molecule has 112 valence electrons. The van der Waals surface area contributed by atoms with E-state index in [-0.39, 0.29) is 0 Å². The van der Waals surface area contributed by atoms with Crippen LogP contribution in [0.2, 0.25) is 0 Å². The molecule has 1 saturated heterocycles. The monoisotopic (exact) mass is 280 g/mol. The summed E-state index contributed by atoms with van der Waals surface area (Å²) in [6, 6.07) is 3.71. The van der Waals surface area contributed by atoms with Crippen molar-refractivity contribution in [1.82, 2.24) is 9.88 Å². The molecule has 1 aromatic rings. The number of morpholine rings is 1. The van der Waals surface area contributed by atoms with Crippen LogP contribution in [0.25, 0.3) is 0 Å². The van der Waals surface area contributed by atoms with Gasteiger partial charge in [-0.05, 0) is 18.6 Å². The number of pyridine rings is 1. The molecule has 2 heterocycles. The van der Waals surface area contributed by atoms with Crippen molar-refractivity contribution >= 4 is 11.5 Å². The number of hydrogen-bond acceptors (Lipinski definition) is 6. The Balaban J connectivity index is 1.79. The van der Waals surface area contributed by atoms with Crippen molar-refractivity contribution < 1.29 is 9.47 Å². The predicted molar refractivity (Wildman–Crippen MR) is 80.2 cm³/mol. The molecule has 1 aliphatic rings. The number of anilines is 2. The second kappa shape index (κ2) is 7.91. The highest BCUT2D eigenvalue weighted by atomic mass is 16.5. The Bertz CT molecular complexity index is 408. The molecule has 1 aliphatic heterocycles. The predicted octanol–water partition coefficient (Wildman–Crippen LogP) is 1.20. The fourth-order valence-electron chi connectivity index (χ4n) is 2.03. The zero-order valence-electron chi connectivity index (χ0n) is 12.1. The Morgan fingerprint density at radius 2 is 2.20 bits per heavy atom. The van der Waals surface area contributed by atoms with E-state index in [1.165, 1.54) is 0 Å². The molecule has 0 aromatic carbocycles. The molecular weight excluding hydrogens is 256 g/mol. The number of hydrogen-bond donors (Lipinski definition) is 2. The Kier molecular flexibility index (Phi) is 5.88. The van der Waals surface area contributed by atoms with Crippen LogP contribution in [0, 0.1) is 0 Å². The molecule has 0 aliphatic carbocycles. The summed E-state index contributed by atoms with van der Waals surface area (Å²) < 4.78 is 10.8. The average molecular weight is 280 g/mol. The third kappa shape index (κ3) is 4.54. The number of nitrogen functional groups attached to an aromatic ring is 1. The van der Waals surface area contributed by atoms with Crippen LogP contribution in [-0.2, 0) is 4.74 Å². The zero-order valence-corrected chi connectivity index (χ0v) is 12.1. The molecule has 0 unspecified atom stereocenters. The van der Waals surface area contributed by atoms with Crippen molar-refractivity contribution in [3.05, 3.63) is 12.1 Å². The van der Waals surface area contributed by atoms with Crippen molar-refractivity contribution in [1.29, 1.82) is 0 Å². The van der Waals surface area contributed by atoms with Crippen LogP contribution in [0.15, 0.2) is 12.1 Å². The minimum Gasteiger partial charge on any atom is -0.476 e. The number of nitrogens with zero attached hydrogens (tertiary/aromatic N) is 2. The van der Waals surface area contributed by atoms with Gasteiger partial charge in [-0.25, -0.2) is 0 Å². The molecule has 3 N–H and O–H groups in total. The number of ether oxygens (including phenoxy) is 2. The minimum absolute atomic E-state index is 0.517. The summed E-state index contributed by atoms with van der Waals surface area (Å²) >= 11 is 0. The zero-order chi connectivity index (χ0) is 14.2. The summed E-state index contributed by atoms with van der Waals surface area (Å²) in [7, 11) is 0. The van der Waals surface area contributed by atoms with E-state index in [1.54, 1.807) is 0 Å². The Morgan fingerprint density at radius 3 is 2.95 bits per heavy atom. The third-order valence-corrected chi connectivity index (χ3v) is 3.17. The van der Waals surface area contributed by atoms with Crippen LogP contribution < -0.4 is 15.8 Å². The smallest absolute Gasteiger partial charge is 0.239 e. The molecule has 1 aromatic heterocycles. The van der Waals surface area contributed by atoms with Gasteiger partial charge >= 0.3 is 0 Å². The van der Waals surface area contributed by atoms with Gasteiger partial charge in [0, 0.05) is 26.2 Å². The van der Waals surface area contributed by atoms with Crippen LogP contribution >= 0.6 is 0 Å². The molecule has 0 atom stereocenters. The summed E-state index contributed by atoms with van der Waals surface area (Å²) in [5.41, 5.74) is 6.42. The lowest BCUT2D eigenvalue weighted by atomic mass is 10.3. The molecule has 1 fully saturated rings. The van der Waals surface area contributed by atoms with E-state index < -0.39 is 0 Å². The molecule has 20 heavy (non-hydrogen) atoms. The van der Waals surface area contributed by atoms with Gasteiger partial charge in [0.2, 0.25) is 5.88 Å². The molecule has 0 radical (unpaired) electrons. The standard InChI is InChI=1S/C14H24N4O2/c1-2-9-20-14-12(15)3-4-13(17-14)16-5-6-18-7-10-19-11-8-18/h3-4H,2,5-11,15H2,1H3,(H,16,17). The van der Waals surface area contributed by atoms with Gasteiger partial charge < -0.3 is 20.5 Å². The number of nitrogens with two attached hydrogens (primary N) is 1. The van der Waals surface area contributed by atoms with Gasteiger partial charge in [-0.15, -0.1) is 0 Å². The van der Waals surface area contributed by atoms with Gasteiger partial charge in [-0.1, -0.05) is 6.92 Å². The molecule has 0 amide bonds. The third-order valence-electron chi connectivity index (χ3n) is 3.17. The lowest BCUT2D eigenvalue weighted by Gasteiger charge is -2.26. The normalized spacial score (nSPS) is 16.1. The van der Waals surface area contributed by atoms with Gasteiger partial charge in [0.25, 0.3) is 0 Å². The van der Waals surface area contributed by atoms with Crippen molar-refractivity contribution in [2.45, 2.75) is 13.3 Å². The lowest BCUT2D eigenvalue weighted by molar-refractivity contribution is 0.0398. The van der Waals surface area contributed by atoms with E-state index >= 15 is 0 Å². The molecule has 0 saturated carbocycles. The van der Waals surface area contributed by atoms with Crippen LogP contribution in [0.4, 0.5) is 11.5 Å². The van der Waals surface area contributed by atoms with Gasteiger partial charge in [-0.3, -0.25) is 4.90 Å². The quantitative estimate of drug-likeness (QED) is 0.782. The second-order valence-electron chi connectivity index (χ2n) is 4.82. The van der Waals surface area contributed by atoms with Crippen LogP contribution in [0.5, 0.6) is 5.88 Å². The van der Waals surface area contributed by atoms with E-state index in [4.69, 9.17) is 15.2 Å². The highest BCUT2D eigenvalue weighted by Gasteiger charge is 2.09. The van der Waals surface area contributed by atoms with E-state index in [2.05, 4.69) is 22.1 Å². The maximum Gasteiger partial charge on any atom is 0.239 e. The Hall–Kier alpha value is -1.53. The fourth-order valence-corrected chi connectivity index (χ4v) is 2.03. The summed E-state index contributed by atoms with van der Waals surface area (Å²) in [6.45, 7) is 8.19. The fraction of sp³-hybridized carbons (Fsp3) is 0.643. The van der Waals surface area contributed by atoms with Gasteiger partial charge in [0.05, 0.1) is 25.5 Å². The first-order chi connectivity index (χ1) is 9.79. The van der Waals surface area contributed by atoms with Crippen molar-refractivity contribution in [2.75, 3.05) is 57.1 Å². The van der Waals surface area contributed by atoms with Crippen molar-refractivity contribution in [2.24, 2.45) is 0 Å². The first-order valence-electron chi connectivity index (χ1n) is 7.23. The number of aromatic nitrogens is 1. The second-order valence-corrected chi connectivity index (χ2v) is 4.82. The molecule has 0 bridgehead atoms. The SMILES string of the molecule is CCCOc1nc(NCCN2CCOCC2)ccc1N. The first-order valence-corrected chi connectivity index (χ1v) is 7.23. The summed E-state index contributed by atoms with van der Waals surface area (Å²) in [6.07, 6.45) is 0.940. The molecule has 6 heteroatoms. The van der Waals surface area contributed by atoms with Crippen LogP contribution in [-0.4, -0.2) is 55.9 Å². The lowest BCUT2D eigenvalue weighted by Crippen LogP contribution is -2.39. The van der Waals surface area contributed by atoms with Gasteiger partial charge in [-0.2, -0.15) is 4.98 Å². The number of rotatable bonds is 7. The van der Waals surface area contributed by atoms with E-state index in [0.717, 1.165) is 51.6 Å². The van der Waals surface area contributed by atoms with Crippen LogP contribution in [0.3, 0.4) is 0 Å². The maximum absolute atomic E-state index is 5.84. The Labute approximate surface area is 120 Å².